The summed E-state index contributed by atoms with van der Waals surface area (Å²) in [4.78, 5) is 4.50. The van der Waals surface area contributed by atoms with Crippen molar-refractivity contribution >= 4 is 10.9 Å². The molecule has 0 unspecified atom stereocenters. The zero-order valence-electron chi connectivity index (χ0n) is 17.2. The van der Waals surface area contributed by atoms with E-state index in [1.807, 2.05) is 30.5 Å². The normalized spacial score (nSPS) is 28.6. The molecule has 0 aliphatic carbocycles. The van der Waals surface area contributed by atoms with E-state index >= 15 is 0 Å². The Bertz CT molecular complexity index is 1020. The smallest absolute Gasteiger partial charge is 0.131 e. The highest BCUT2D eigenvalue weighted by atomic mass is 35.5. The summed E-state index contributed by atoms with van der Waals surface area (Å²) in [6.45, 7) is 7.32. The third-order valence-corrected chi connectivity index (χ3v) is 7.38. The van der Waals surface area contributed by atoms with E-state index in [2.05, 4.69) is 54.0 Å². The van der Waals surface area contributed by atoms with E-state index < -0.39 is 6.10 Å². The fourth-order valence-electron chi connectivity index (χ4n) is 5.91. The molecule has 2 aromatic carbocycles. The Morgan fingerprint density at radius 3 is 2.67 bits per heavy atom. The number of fused-ring (bicyclic) bond motifs is 4. The third kappa shape index (κ3) is 3.56. The Morgan fingerprint density at radius 1 is 1.10 bits per heavy atom. The molecule has 156 valence electrons. The fraction of sp³-hybridized carbons (Fsp3) is 0.346. The maximum absolute atomic E-state index is 11.7. The molecule has 2 bridgehead atoms. The van der Waals surface area contributed by atoms with Gasteiger partial charge in [0.05, 0.1) is 18.6 Å². The summed E-state index contributed by atoms with van der Waals surface area (Å²) < 4.78 is 0.953. The number of benzene rings is 2. The van der Waals surface area contributed by atoms with Crippen molar-refractivity contribution in [3.05, 3.63) is 90.6 Å². The highest BCUT2D eigenvalue weighted by Gasteiger charge is 2.53. The number of pyridine rings is 1. The highest BCUT2D eigenvalue weighted by Crippen LogP contribution is 2.47. The Labute approximate surface area is 185 Å². The average Bonchev–Trinajstić information content (AvgIpc) is 2.78. The Balaban J connectivity index is 0.00000218. The van der Waals surface area contributed by atoms with Gasteiger partial charge < -0.3 is 22.0 Å². The lowest BCUT2D eigenvalue weighted by Crippen LogP contribution is -3.00. The van der Waals surface area contributed by atoms with E-state index in [1.54, 1.807) is 0 Å². The lowest BCUT2D eigenvalue weighted by Gasteiger charge is -2.58. The number of hydrogen-bond donors (Lipinski definition) is 1. The monoisotopic (exact) mass is 420 g/mol. The van der Waals surface area contributed by atoms with Gasteiger partial charge in [-0.15, -0.1) is 6.58 Å². The molecule has 3 aliphatic rings. The molecular weight excluding hydrogens is 392 g/mol. The van der Waals surface area contributed by atoms with Gasteiger partial charge in [0.2, 0.25) is 0 Å². The van der Waals surface area contributed by atoms with Gasteiger partial charge in [0.25, 0.3) is 0 Å². The van der Waals surface area contributed by atoms with Gasteiger partial charge in [-0.05, 0) is 23.6 Å². The van der Waals surface area contributed by atoms with Gasteiger partial charge in [-0.3, -0.25) is 4.98 Å². The van der Waals surface area contributed by atoms with Crippen molar-refractivity contribution in [2.45, 2.75) is 31.5 Å². The molecule has 5 atom stereocenters. The van der Waals surface area contributed by atoms with Crippen LogP contribution in [0, 0.1) is 11.8 Å². The van der Waals surface area contributed by atoms with Crippen LogP contribution in [0.3, 0.4) is 0 Å². The first-order valence-electron chi connectivity index (χ1n) is 10.7. The van der Waals surface area contributed by atoms with Gasteiger partial charge in [0.15, 0.2) is 0 Å². The van der Waals surface area contributed by atoms with Crippen molar-refractivity contribution in [3.8, 4) is 0 Å². The molecule has 0 radical (unpaired) electrons. The van der Waals surface area contributed by atoms with Crippen LogP contribution >= 0.6 is 0 Å². The second kappa shape index (κ2) is 8.50. The standard InChI is InChI=1S/C26H29N2O.ClH/c1-2-20-18-28(17-19-8-4-3-5-9-19)15-13-21(20)16-25(28)26(29)23-12-14-27-24-11-7-6-10-22(23)24;/h2-12,14,20-21,25-26,29H,1,13,15-18H2;1H/q+1;/p-1/t20-,21+,25+,26-,28-;/m1./s1. The van der Waals surface area contributed by atoms with Gasteiger partial charge in [-0.25, -0.2) is 0 Å². The minimum absolute atomic E-state index is 0. The summed E-state index contributed by atoms with van der Waals surface area (Å²) in [5, 5.41) is 12.8. The van der Waals surface area contributed by atoms with Gasteiger partial charge in [0.1, 0.15) is 18.7 Å². The highest BCUT2D eigenvalue weighted by molar-refractivity contribution is 5.82. The van der Waals surface area contributed by atoms with E-state index in [0.717, 1.165) is 47.0 Å². The van der Waals surface area contributed by atoms with E-state index in [9.17, 15) is 5.11 Å². The molecule has 4 heteroatoms. The lowest BCUT2D eigenvalue weighted by molar-refractivity contribution is -0.984. The molecule has 3 aliphatic heterocycles. The van der Waals surface area contributed by atoms with Crippen molar-refractivity contribution < 1.29 is 22.0 Å². The SMILES string of the molecule is C=C[C@@H]1C[N@+]2(Cc3ccccc3)CC[C@H]1C[C@H]2[C@H](O)c1ccnc2ccccc12.[Cl-]. The van der Waals surface area contributed by atoms with Crippen LogP contribution in [0.5, 0.6) is 0 Å². The van der Waals surface area contributed by atoms with Gasteiger partial charge >= 0.3 is 0 Å². The van der Waals surface area contributed by atoms with Crippen molar-refractivity contribution in [1.29, 1.82) is 0 Å². The minimum atomic E-state index is -0.486. The fourth-order valence-corrected chi connectivity index (χ4v) is 5.91. The molecular formula is C26H29ClN2O. The molecule has 1 aromatic heterocycles. The number of hydrogen-bond acceptors (Lipinski definition) is 2. The Kier molecular flexibility index (Phi) is 5.97. The first-order valence-corrected chi connectivity index (χ1v) is 10.7. The maximum atomic E-state index is 11.7. The molecule has 3 aromatic rings. The summed E-state index contributed by atoms with van der Waals surface area (Å²) in [6, 6.07) is 21.2. The van der Waals surface area contributed by atoms with E-state index in [-0.39, 0.29) is 18.4 Å². The van der Waals surface area contributed by atoms with Crippen LogP contribution in [0.25, 0.3) is 10.9 Å². The van der Waals surface area contributed by atoms with Gasteiger partial charge in [0, 0.05) is 35.9 Å². The number of aliphatic hydroxyl groups excluding tert-OH is 1. The number of halogens is 1. The molecule has 3 nitrogen and oxygen atoms in total. The summed E-state index contributed by atoms with van der Waals surface area (Å²) in [7, 11) is 0. The second-order valence-corrected chi connectivity index (χ2v) is 8.88. The van der Waals surface area contributed by atoms with Crippen molar-refractivity contribution in [1.82, 2.24) is 4.98 Å². The van der Waals surface area contributed by atoms with Crippen LogP contribution < -0.4 is 12.4 Å². The molecule has 0 saturated carbocycles. The van der Waals surface area contributed by atoms with Gasteiger partial charge in [-0.1, -0.05) is 54.6 Å². The number of piperidine rings is 3. The summed E-state index contributed by atoms with van der Waals surface area (Å²) in [5.41, 5.74) is 3.33. The van der Waals surface area contributed by atoms with Crippen LogP contribution in [-0.4, -0.2) is 33.7 Å². The number of para-hydroxylation sites is 1. The third-order valence-electron chi connectivity index (χ3n) is 7.38. The second-order valence-electron chi connectivity index (χ2n) is 8.88. The van der Waals surface area contributed by atoms with E-state index in [1.165, 1.54) is 12.0 Å². The molecule has 4 heterocycles. The number of nitrogens with zero attached hydrogens (tertiary/aromatic N) is 2. The van der Waals surface area contributed by atoms with Crippen molar-refractivity contribution in [2.75, 3.05) is 13.1 Å². The topological polar surface area (TPSA) is 33.1 Å². The molecule has 1 N–H and O–H groups in total. The molecule has 0 amide bonds. The van der Waals surface area contributed by atoms with E-state index in [4.69, 9.17) is 0 Å². The predicted molar refractivity (Wildman–Crippen MR) is 117 cm³/mol. The first-order chi connectivity index (χ1) is 14.2. The predicted octanol–water partition coefficient (Wildman–Crippen LogP) is 1.88. The minimum Gasteiger partial charge on any atom is -1.00 e. The number of aromatic nitrogens is 1. The Hall–Kier alpha value is -2.20. The lowest BCUT2D eigenvalue weighted by atomic mass is 9.71. The number of quaternary nitrogens is 1. The van der Waals surface area contributed by atoms with Crippen LogP contribution in [0.4, 0.5) is 0 Å². The van der Waals surface area contributed by atoms with Crippen LogP contribution in [0.1, 0.15) is 30.1 Å². The summed E-state index contributed by atoms with van der Waals surface area (Å²) in [6.07, 6.45) is 5.79. The van der Waals surface area contributed by atoms with Crippen molar-refractivity contribution in [3.63, 3.8) is 0 Å². The quantitative estimate of drug-likeness (QED) is 0.505. The first kappa shape index (κ1) is 21.0. The van der Waals surface area contributed by atoms with E-state index in [0.29, 0.717) is 11.8 Å². The largest absolute Gasteiger partial charge is 1.00 e. The maximum Gasteiger partial charge on any atom is 0.131 e. The average molecular weight is 421 g/mol. The van der Waals surface area contributed by atoms with Crippen LogP contribution in [0.2, 0.25) is 0 Å². The summed E-state index contributed by atoms with van der Waals surface area (Å²) in [5.74, 6) is 1.18. The molecule has 0 spiro atoms. The van der Waals surface area contributed by atoms with Crippen molar-refractivity contribution in [2.24, 2.45) is 11.8 Å². The Morgan fingerprint density at radius 2 is 1.87 bits per heavy atom. The zero-order chi connectivity index (χ0) is 19.8. The zero-order valence-corrected chi connectivity index (χ0v) is 18.0. The molecule has 3 fully saturated rings. The number of aliphatic hydroxyl groups is 1. The van der Waals surface area contributed by atoms with Gasteiger partial charge in [-0.2, -0.15) is 0 Å². The molecule has 30 heavy (non-hydrogen) atoms. The molecule has 3 saturated heterocycles. The molecule has 6 rings (SSSR count). The van der Waals surface area contributed by atoms with Crippen LogP contribution in [0.15, 0.2) is 79.5 Å². The van der Waals surface area contributed by atoms with Crippen LogP contribution in [-0.2, 0) is 6.54 Å². The summed E-state index contributed by atoms with van der Waals surface area (Å²) >= 11 is 0. The number of rotatable bonds is 5.